The van der Waals surface area contributed by atoms with E-state index in [2.05, 4.69) is 9.97 Å². The SMILES string of the molecule is Cc1nc(Oc2cccc(F)c2F)cc(=O)[nH]1. The number of benzene rings is 1. The molecule has 0 bridgehead atoms. The van der Waals surface area contributed by atoms with Gasteiger partial charge >= 0.3 is 0 Å². The fourth-order valence-electron chi connectivity index (χ4n) is 1.28. The molecule has 1 aromatic carbocycles. The Balaban J connectivity index is 2.38. The highest BCUT2D eigenvalue weighted by Gasteiger charge is 2.10. The van der Waals surface area contributed by atoms with E-state index in [1.54, 1.807) is 6.92 Å². The fourth-order valence-corrected chi connectivity index (χ4v) is 1.28. The molecular weight excluding hydrogens is 230 g/mol. The number of hydrogen-bond acceptors (Lipinski definition) is 3. The van der Waals surface area contributed by atoms with Gasteiger partial charge in [0.25, 0.3) is 5.56 Å². The summed E-state index contributed by atoms with van der Waals surface area (Å²) in [7, 11) is 0. The standard InChI is InChI=1S/C11H8F2N2O2/c1-6-14-9(16)5-10(15-6)17-8-4-2-3-7(12)11(8)13/h2-5H,1H3,(H,14,15,16). The van der Waals surface area contributed by atoms with Gasteiger partial charge in [-0.05, 0) is 19.1 Å². The lowest BCUT2D eigenvalue weighted by Gasteiger charge is -2.05. The third-order valence-corrected chi connectivity index (χ3v) is 1.97. The second kappa shape index (κ2) is 4.32. The van der Waals surface area contributed by atoms with Crippen molar-refractivity contribution in [2.24, 2.45) is 0 Å². The van der Waals surface area contributed by atoms with Crippen LogP contribution in [0.1, 0.15) is 5.82 Å². The van der Waals surface area contributed by atoms with Gasteiger partial charge in [0.1, 0.15) is 5.82 Å². The van der Waals surface area contributed by atoms with Gasteiger partial charge in [-0.2, -0.15) is 4.39 Å². The zero-order valence-corrected chi connectivity index (χ0v) is 8.83. The van der Waals surface area contributed by atoms with Crippen LogP contribution >= 0.6 is 0 Å². The van der Waals surface area contributed by atoms with E-state index in [0.717, 1.165) is 12.1 Å². The van der Waals surface area contributed by atoms with Crippen LogP contribution in [0.4, 0.5) is 8.78 Å². The summed E-state index contributed by atoms with van der Waals surface area (Å²) in [6, 6.07) is 4.57. The van der Waals surface area contributed by atoms with Gasteiger partial charge in [0.15, 0.2) is 11.6 Å². The Morgan fingerprint density at radius 2 is 2.12 bits per heavy atom. The van der Waals surface area contributed by atoms with Crippen molar-refractivity contribution in [2.75, 3.05) is 0 Å². The molecule has 6 heteroatoms. The number of H-pyrrole nitrogens is 1. The maximum absolute atomic E-state index is 13.3. The van der Waals surface area contributed by atoms with Gasteiger partial charge in [-0.1, -0.05) is 6.07 Å². The number of nitrogens with one attached hydrogen (secondary N) is 1. The second-order valence-electron chi connectivity index (χ2n) is 3.32. The number of ether oxygens (including phenoxy) is 1. The average Bonchev–Trinajstić information content (AvgIpc) is 2.23. The number of aryl methyl sites for hydroxylation is 1. The molecule has 17 heavy (non-hydrogen) atoms. The molecule has 2 aromatic rings. The Bertz CT molecular complexity index is 611. The second-order valence-corrected chi connectivity index (χ2v) is 3.32. The van der Waals surface area contributed by atoms with Gasteiger partial charge in [-0.25, -0.2) is 9.37 Å². The smallest absolute Gasteiger partial charge is 0.254 e. The molecule has 0 saturated carbocycles. The van der Waals surface area contributed by atoms with Crippen molar-refractivity contribution >= 4 is 0 Å². The van der Waals surface area contributed by atoms with Crippen LogP contribution in [0.2, 0.25) is 0 Å². The topological polar surface area (TPSA) is 55.0 Å². The molecule has 0 atom stereocenters. The number of rotatable bonds is 2. The molecule has 0 saturated heterocycles. The molecule has 2 rings (SSSR count). The lowest BCUT2D eigenvalue weighted by Crippen LogP contribution is -2.08. The van der Waals surface area contributed by atoms with Gasteiger partial charge in [-0.3, -0.25) is 4.79 Å². The first-order valence-corrected chi connectivity index (χ1v) is 4.76. The number of hydrogen-bond donors (Lipinski definition) is 1. The maximum Gasteiger partial charge on any atom is 0.254 e. The third-order valence-electron chi connectivity index (χ3n) is 1.97. The van der Waals surface area contributed by atoms with Crippen molar-refractivity contribution in [3.05, 3.63) is 52.1 Å². The minimum atomic E-state index is -1.12. The van der Waals surface area contributed by atoms with Crippen molar-refractivity contribution in [3.8, 4) is 11.6 Å². The van der Waals surface area contributed by atoms with Gasteiger partial charge in [-0.15, -0.1) is 0 Å². The minimum absolute atomic E-state index is 0.0873. The summed E-state index contributed by atoms with van der Waals surface area (Å²) in [5, 5.41) is 0. The minimum Gasteiger partial charge on any atom is -0.436 e. The van der Waals surface area contributed by atoms with Crippen molar-refractivity contribution < 1.29 is 13.5 Å². The van der Waals surface area contributed by atoms with Crippen molar-refractivity contribution in [1.29, 1.82) is 0 Å². The summed E-state index contributed by atoms with van der Waals surface area (Å²) in [6.07, 6.45) is 0. The third kappa shape index (κ3) is 2.47. The van der Waals surface area contributed by atoms with Crippen LogP contribution in [0, 0.1) is 18.6 Å². The van der Waals surface area contributed by atoms with Gasteiger partial charge < -0.3 is 9.72 Å². The van der Waals surface area contributed by atoms with Crippen LogP contribution in [0.15, 0.2) is 29.1 Å². The molecule has 88 valence electrons. The summed E-state index contributed by atoms with van der Waals surface area (Å²) < 4.78 is 31.2. The first kappa shape index (κ1) is 11.3. The summed E-state index contributed by atoms with van der Waals surface area (Å²) in [6.45, 7) is 1.55. The first-order valence-electron chi connectivity index (χ1n) is 4.76. The molecule has 0 aliphatic carbocycles. The van der Waals surface area contributed by atoms with Crippen LogP contribution in [0.3, 0.4) is 0 Å². The Kier molecular flexibility index (Phi) is 2.86. The van der Waals surface area contributed by atoms with Crippen molar-refractivity contribution in [2.45, 2.75) is 6.92 Å². The fraction of sp³-hybridized carbons (Fsp3) is 0.0909. The number of halogens is 2. The van der Waals surface area contributed by atoms with Crippen LogP contribution in [-0.2, 0) is 0 Å². The first-order chi connectivity index (χ1) is 8.06. The highest BCUT2D eigenvalue weighted by molar-refractivity contribution is 5.29. The van der Waals surface area contributed by atoms with E-state index in [1.807, 2.05) is 0 Å². The van der Waals surface area contributed by atoms with Crippen LogP contribution < -0.4 is 10.3 Å². The summed E-state index contributed by atoms with van der Waals surface area (Å²) in [5.41, 5.74) is -0.427. The Morgan fingerprint density at radius 1 is 1.35 bits per heavy atom. The van der Waals surface area contributed by atoms with Crippen molar-refractivity contribution in [1.82, 2.24) is 9.97 Å². The molecule has 0 fully saturated rings. The molecule has 1 heterocycles. The quantitative estimate of drug-likeness (QED) is 0.872. The molecule has 0 aliphatic rings. The Hall–Kier alpha value is -2.24. The number of aromatic nitrogens is 2. The highest BCUT2D eigenvalue weighted by Crippen LogP contribution is 2.23. The van der Waals surface area contributed by atoms with E-state index in [4.69, 9.17) is 4.74 Å². The van der Waals surface area contributed by atoms with Crippen molar-refractivity contribution in [3.63, 3.8) is 0 Å². The average molecular weight is 238 g/mol. The lowest BCUT2D eigenvalue weighted by molar-refractivity contribution is 0.403. The monoisotopic (exact) mass is 238 g/mol. The molecule has 1 N–H and O–H groups in total. The molecule has 0 aliphatic heterocycles. The van der Waals surface area contributed by atoms with Gasteiger partial charge in [0.2, 0.25) is 11.7 Å². The molecule has 0 spiro atoms. The summed E-state index contributed by atoms with van der Waals surface area (Å²) in [4.78, 5) is 17.4. The molecule has 0 unspecified atom stereocenters. The van der Waals surface area contributed by atoms with Crippen LogP contribution in [0.25, 0.3) is 0 Å². The summed E-state index contributed by atoms with van der Waals surface area (Å²) in [5.74, 6) is -2.22. The van der Waals surface area contributed by atoms with E-state index in [9.17, 15) is 13.6 Å². The Labute approximate surface area is 94.9 Å². The van der Waals surface area contributed by atoms with E-state index in [0.29, 0.717) is 5.82 Å². The van der Waals surface area contributed by atoms with Crippen LogP contribution in [0.5, 0.6) is 11.6 Å². The normalized spacial score (nSPS) is 10.3. The lowest BCUT2D eigenvalue weighted by atomic mass is 10.3. The largest absolute Gasteiger partial charge is 0.436 e. The Morgan fingerprint density at radius 3 is 2.82 bits per heavy atom. The molecule has 0 amide bonds. The maximum atomic E-state index is 13.3. The number of nitrogens with zero attached hydrogens (tertiary/aromatic N) is 1. The summed E-state index contributed by atoms with van der Waals surface area (Å²) >= 11 is 0. The van der Waals surface area contributed by atoms with Gasteiger partial charge in [0, 0.05) is 0 Å². The predicted octanol–water partition coefficient (Wildman–Crippen LogP) is 2.15. The zero-order valence-electron chi connectivity index (χ0n) is 8.83. The van der Waals surface area contributed by atoms with E-state index in [1.165, 1.54) is 12.1 Å². The van der Waals surface area contributed by atoms with E-state index in [-0.39, 0.29) is 11.6 Å². The number of aromatic amines is 1. The molecule has 1 aromatic heterocycles. The van der Waals surface area contributed by atoms with E-state index < -0.39 is 17.2 Å². The molecule has 4 nitrogen and oxygen atoms in total. The molecule has 0 radical (unpaired) electrons. The molecular formula is C11H8F2N2O2. The van der Waals surface area contributed by atoms with Crippen LogP contribution in [-0.4, -0.2) is 9.97 Å². The predicted molar refractivity (Wildman–Crippen MR) is 56.0 cm³/mol. The van der Waals surface area contributed by atoms with Gasteiger partial charge in [0.05, 0.1) is 6.07 Å². The van der Waals surface area contributed by atoms with E-state index >= 15 is 0 Å². The zero-order chi connectivity index (χ0) is 12.4. The highest BCUT2D eigenvalue weighted by atomic mass is 19.2.